The highest BCUT2D eigenvalue weighted by molar-refractivity contribution is 6.51. The number of nitrogens with zero attached hydrogens (tertiary/aromatic N) is 1. The number of rotatable bonds is 6. The normalized spacial score (nSPS) is 18.3. The second-order valence-corrected chi connectivity index (χ2v) is 8.96. The summed E-state index contributed by atoms with van der Waals surface area (Å²) in [4.78, 5) is 28.3. The maximum atomic E-state index is 13.4. The van der Waals surface area contributed by atoms with Crippen molar-refractivity contribution in [1.82, 2.24) is 0 Å². The van der Waals surface area contributed by atoms with Crippen molar-refractivity contribution in [3.63, 3.8) is 0 Å². The summed E-state index contributed by atoms with van der Waals surface area (Å²) < 4.78 is 22.4. The van der Waals surface area contributed by atoms with Gasteiger partial charge in [0.2, 0.25) is 0 Å². The van der Waals surface area contributed by atoms with Gasteiger partial charge in [0.1, 0.15) is 30.5 Å². The molecule has 2 aliphatic heterocycles. The minimum Gasteiger partial charge on any atom is -0.507 e. The van der Waals surface area contributed by atoms with Crippen molar-refractivity contribution in [2.24, 2.45) is 0 Å². The Morgan fingerprint density at radius 2 is 1.68 bits per heavy atom. The van der Waals surface area contributed by atoms with Gasteiger partial charge < -0.3 is 24.1 Å². The van der Waals surface area contributed by atoms with E-state index >= 15 is 0 Å². The first-order valence-electron chi connectivity index (χ1n) is 12.0. The average Bonchev–Trinajstić information content (AvgIpc) is 3.18. The third-order valence-corrected chi connectivity index (χ3v) is 6.16. The molecule has 1 N–H and O–H groups in total. The Labute approximate surface area is 214 Å². The van der Waals surface area contributed by atoms with E-state index in [1.807, 2.05) is 13.8 Å². The number of aliphatic hydroxyl groups is 1. The minimum atomic E-state index is -0.886. The van der Waals surface area contributed by atoms with Crippen molar-refractivity contribution in [3.05, 3.63) is 83.4 Å². The molecule has 0 saturated carbocycles. The summed E-state index contributed by atoms with van der Waals surface area (Å²) in [6, 6.07) is 18.1. The Morgan fingerprint density at radius 3 is 2.38 bits per heavy atom. The molecule has 0 spiro atoms. The number of hydrogen-bond acceptors (Lipinski definition) is 7. The van der Waals surface area contributed by atoms with Crippen LogP contribution in [0.1, 0.15) is 31.0 Å². The molecule has 2 heterocycles. The van der Waals surface area contributed by atoms with Gasteiger partial charge in [-0.05, 0) is 55.8 Å². The van der Waals surface area contributed by atoms with Crippen LogP contribution in [0.4, 0.5) is 5.69 Å². The summed E-state index contributed by atoms with van der Waals surface area (Å²) in [6.07, 6.45) is -0.0718. The maximum absolute atomic E-state index is 13.4. The molecule has 37 heavy (non-hydrogen) atoms. The molecule has 5 rings (SSSR count). The number of anilines is 1. The molecule has 1 fully saturated rings. The van der Waals surface area contributed by atoms with E-state index in [1.165, 1.54) is 4.90 Å². The molecule has 1 saturated heterocycles. The van der Waals surface area contributed by atoms with Crippen molar-refractivity contribution in [1.29, 1.82) is 0 Å². The largest absolute Gasteiger partial charge is 0.507 e. The molecular weight excluding hydrogens is 474 g/mol. The van der Waals surface area contributed by atoms with Gasteiger partial charge in [0.25, 0.3) is 11.7 Å². The lowest BCUT2D eigenvalue weighted by Crippen LogP contribution is -2.29. The van der Waals surface area contributed by atoms with Gasteiger partial charge in [0, 0.05) is 17.3 Å². The van der Waals surface area contributed by atoms with Crippen LogP contribution in [-0.4, -0.2) is 43.2 Å². The molecule has 0 radical (unpaired) electrons. The molecule has 8 nitrogen and oxygen atoms in total. The third kappa shape index (κ3) is 4.58. The van der Waals surface area contributed by atoms with Crippen molar-refractivity contribution < 1.29 is 33.6 Å². The standard InChI is InChI=1S/C29H27NO7/c1-17(2)37-22-6-4-5-19(15-22)27(31)25-26(18-7-10-21(34-3)11-8-18)30(29(33)28(25)32)20-9-12-23-24(16-20)36-14-13-35-23/h4-12,15-17,26,31H,13-14H2,1-3H3/b27-25+. The van der Waals surface area contributed by atoms with E-state index in [4.69, 9.17) is 18.9 Å². The van der Waals surface area contributed by atoms with Crippen molar-refractivity contribution in [3.8, 4) is 23.0 Å². The molecule has 8 heteroatoms. The monoisotopic (exact) mass is 501 g/mol. The molecule has 3 aromatic rings. The predicted molar refractivity (Wildman–Crippen MR) is 137 cm³/mol. The van der Waals surface area contributed by atoms with E-state index in [1.54, 1.807) is 73.8 Å². The Kier molecular flexibility index (Phi) is 6.48. The number of Topliss-reactive ketones (excluding diaryl/α,β-unsaturated/α-hetero) is 1. The van der Waals surface area contributed by atoms with E-state index in [0.29, 0.717) is 53.0 Å². The lowest BCUT2D eigenvalue weighted by Gasteiger charge is -2.27. The molecule has 3 aromatic carbocycles. The van der Waals surface area contributed by atoms with Gasteiger partial charge in [-0.2, -0.15) is 0 Å². The number of ketones is 1. The summed E-state index contributed by atoms with van der Waals surface area (Å²) in [7, 11) is 1.56. The number of carbonyl (C=O) groups excluding carboxylic acids is 2. The van der Waals surface area contributed by atoms with Gasteiger partial charge in [0.05, 0.1) is 24.8 Å². The third-order valence-electron chi connectivity index (χ3n) is 6.16. The van der Waals surface area contributed by atoms with E-state index in [-0.39, 0.29) is 17.4 Å². The summed E-state index contributed by atoms with van der Waals surface area (Å²) in [5, 5.41) is 11.4. The van der Waals surface area contributed by atoms with Crippen LogP contribution in [0.25, 0.3) is 5.76 Å². The highest BCUT2D eigenvalue weighted by atomic mass is 16.6. The van der Waals surface area contributed by atoms with Crippen LogP contribution in [0.2, 0.25) is 0 Å². The number of hydrogen-bond donors (Lipinski definition) is 1. The van der Waals surface area contributed by atoms with Crippen LogP contribution in [0.5, 0.6) is 23.0 Å². The fourth-order valence-corrected chi connectivity index (χ4v) is 4.53. The number of fused-ring (bicyclic) bond motifs is 1. The summed E-state index contributed by atoms with van der Waals surface area (Å²) in [6.45, 7) is 4.61. The van der Waals surface area contributed by atoms with Gasteiger partial charge in [-0.25, -0.2) is 0 Å². The number of methoxy groups -OCH3 is 1. The fraction of sp³-hybridized carbons (Fsp3) is 0.241. The van der Waals surface area contributed by atoms with Crippen LogP contribution in [-0.2, 0) is 9.59 Å². The summed E-state index contributed by atoms with van der Waals surface area (Å²) >= 11 is 0. The van der Waals surface area contributed by atoms with Crippen LogP contribution in [0, 0.1) is 0 Å². The molecule has 1 atom stereocenters. The SMILES string of the molecule is COc1ccc(C2/C(=C(\O)c3cccc(OC(C)C)c3)C(=O)C(=O)N2c2ccc3c(c2)OCCO3)cc1. The van der Waals surface area contributed by atoms with E-state index in [9.17, 15) is 14.7 Å². The van der Waals surface area contributed by atoms with E-state index in [0.717, 1.165) is 0 Å². The Hall–Kier alpha value is -4.46. The van der Waals surface area contributed by atoms with Gasteiger partial charge in [-0.15, -0.1) is 0 Å². The van der Waals surface area contributed by atoms with Crippen LogP contribution in [0.3, 0.4) is 0 Å². The predicted octanol–water partition coefficient (Wildman–Crippen LogP) is 4.88. The minimum absolute atomic E-state index is 0.0215. The first-order chi connectivity index (χ1) is 17.9. The zero-order valence-electron chi connectivity index (χ0n) is 20.8. The van der Waals surface area contributed by atoms with Gasteiger partial charge in [-0.1, -0.05) is 24.3 Å². The lowest BCUT2D eigenvalue weighted by atomic mass is 9.95. The summed E-state index contributed by atoms with van der Waals surface area (Å²) in [5.74, 6) is 0.386. The Bertz CT molecular complexity index is 1380. The smallest absolute Gasteiger partial charge is 0.300 e. The lowest BCUT2D eigenvalue weighted by molar-refractivity contribution is -0.132. The highest BCUT2D eigenvalue weighted by Crippen LogP contribution is 2.45. The molecule has 2 aliphatic rings. The molecular formula is C29H27NO7. The molecule has 1 unspecified atom stereocenters. The van der Waals surface area contributed by atoms with Crippen LogP contribution in [0.15, 0.2) is 72.3 Å². The van der Waals surface area contributed by atoms with E-state index < -0.39 is 17.7 Å². The zero-order valence-corrected chi connectivity index (χ0v) is 20.8. The molecule has 0 aromatic heterocycles. The first-order valence-corrected chi connectivity index (χ1v) is 12.0. The topological polar surface area (TPSA) is 94.5 Å². The zero-order chi connectivity index (χ0) is 26.1. The quantitative estimate of drug-likeness (QED) is 0.292. The van der Waals surface area contributed by atoms with Crippen LogP contribution < -0.4 is 23.8 Å². The van der Waals surface area contributed by atoms with E-state index in [2.05, 4.69) is 0 Å². The molecule has 190 valence electrons. The number of ether oxygens (including phenoxy) is 4. The van der Waals surface area contributed by atoms with Crippen LogP contribution >= 0.6 is 0 Å². The maximum Gasteiger partial charge on any atom is 0.300 e. The van der Waals surface area contributed by atoms with Crippen molar-refractivity contribution >= 4 is 23.1 Å². The number of carbonyl (C=O) groups is 2. The second kappa shape index (κ2) is 9.89. The first kappa shape index (κ1) is 24.2. The van der Waals surface area contributed by atoms with Gasteiger partial charge in [-0.3, -0.25) is 14.5 Å². The van der Waals surface area contributed by atoms with Gasteiger partial charge >= 0.3 is 0 Å². The summed E-state index contributed by atoms with van der Waals surface area (Å²) in [5.41, 5.74) is 1.43. The second-order valence-electron chi connectivity index (χ2n) is 8.96. The van der Waals surface area contributed by atoms with Crippen molar-refractivity contribution in [2.45, 2.75) is 26.0 Å². The molecule has 0 aliphatic carbocycles. The molecule has 0 bridgehead atoms. The number of benzene rings is 3. The Balaban J connectivity index is 1.66. The Morgan fingerprint density at radius 1 is 0.946 bits per heavy atom. The highest BCUT2D eigenvalue weighted by Gasteiger charge is 2.47. The number of amides is 1. The fourth-order valence-electron chi connectivity index (χ4n) is 4.53. The number of aliphatic hydroxyl groups excluding tert-OH is 1. The molecule has 1 amide bonds. The average molecular weight is 502 g/mol. The van der Waals surface area contributed by atoms with Crippen molar-refractivity contribution in [2.75, 3.05) is 25.2 Å². The van der Waals surface area contributed by atoms with Gasteiger partial charge in [0.15, 0.2) is 11.5 Å².